The number of hydrogen-bond acceptors (Lipinski definition) is 3. The Morgan fingerprint density at radius 1 is 1.10 bits per heavy atom. The zero-order valence-electron chi connectivity index (χ0n) is 11.1. The lowest BCUT2D eigenvalue weighted by Gasteiger charge is -2.10. The number of hydrogen-bond donors (Lipinski definition) is 0. The van der Waals surface area contributed by atoms with Crippen LogP contribution in [0.25, 0.3) is 0 Å². The maximum atomic E-state index is 11.0. The number of halogens is 1. The van der Waals surface area contributed by atoms with Crippen LogP contribution in [0.4, 0.5) is 0 Å². The van der Waals surface area contributed by atoms with Gasteiger partial charge in [0, 0.05) is 4.47 Å². The molecule has 104 valence electrons. The fourth-order valence-corrected chi connectivity index (χ4v) is 2.14. The Morgan fingerprint density at radius 3 is 2.65 bits per heavy atom. The number of ether oxygens (including phenoxy) is 2. The van der Waals surface area contributed by atoms with Gasteiger partial charge in [0.1, 0.15) is 24.7 Å². The number of rotatable bonds is 6. The summed E-state index contributed by atoms with van der Waals surface area (Å²) in [4.78, 5) is 11.0. The highest BCUT2D eigenvalue weighted by Crippen LogP contribution is 2.19. The van der Waals surface area contributed by atoms with Crippen LogP contribution < -0.4 is 9.47 Å². The Kier molecular flexibility index (Phi) is 5.18. The summed E-state index contributed by atoms with van der Waals surface area (Å²) in [5.41, 5.74) is 1.59. The van der Waals surface area contributed by atoms with Crippen molar-refractivity contribution in [2.24, 2.45) is 0 Å². The summed E-state index contributed by atoms with van der Waals surface area (Å²) in [6.07, 6.45) is 0.803. The third-order valence-electron chi connectivity index (χ3n) is 2.70. The second-order valence-corrected chi connectivity index (χ2v) is 5.23. The monoisotopic (exact) mass is 334 g/mol. The van der Waals surface area contributed by atoms with E-state index < -0.39 is 0 Å². The van der Waals surface area contributed by atoms with Gasteiger partial charge in [-0.25, -0.2) is 0 Å². The number of carbonyl (C=O) groups is 1. The first kappa shape index (κ1) is 14.6. The van der Waals surface area contributed by atoms with Crippen LogP contribution in [-0.2, 0) is 0 Å². The van der Waals surface area contributed by atoms with E-state index in [1.807, 2.05) is 37.3 Å². The quantitative estimate of drug-likeness (QED) is 0.591. The Hall–Kier alpha value is -1.81. The van der Waals surface area contributed by atoms with Gasteiger partial charge in [0.05, 0.1) is 5.56 Å². The van der Waals surface area contributed by atoms with Crippen LogP contribution >= 0.6 is 15.9 Å². The topological polar surface area (TPSA) is 35.5 Å². The molecule has 0 amide bonds. The number of aldehydes is 1. The molecule has 0 atom stereocenters. The van der Waals surface area contributed by atoms with Gasteiger partial charge in [-0.2, -0.15) is 0 Å². The van der Waals surface area contributed by atoms with E-state index in [0.29, 0.717) is 24.5 Å². The van der Waals surface area contributed by atoms with Crippen LogP contribution in [-0.4, -0.2) is 19.5 Å². The highest BCUT2D eigenvalue weighted by Gasteiger charge is 2.03. The van der Waals surface area contributed by atoms with E-state index in [2.05, 4.69) is 15.9 Å². The maximum Gasteiger partial charge on any atom is 0.153 e. The molecule has 20 heavy (non-hydrogen) atoms. The fourth-order valence-electron chi connectivity index (χ4n) is 1.76. The molecule has 0 fully saturated rings. The van der Waals surface area contributed by atoms with Gasteiger partial charge in [-0.3, -0.25) is 4.79 Å². The molecule has 0 aliphatic carbocycles. The molecule has 0 aromatic heterocycles. The SMILES string of the molecule is Cc1ccc(OCCOc2cccc(Br)c2)c(C=O)c1. The molecule has 0 N–H and O–H groups in total. The summed E-state index contributed by atoms with van der Waals surface area (Å²) in [6, 6.07) is 13.1. The minimum atomic E-state index is 0.385. The molecule has 0 aliphatic heterocycles. The van der Waals surface area contributed by atoms with Crippen molar-refractivity contribution in [3.05, 3.63) is 58.1 Å². The van der Waals surface area contributed by atoms with Crippen LogP contribution in [0, 0.1) is 6.92 Å². The van der Waals surface area contributed by atoms with Crippen molar-refractivity contribution < 1.29 is 14.3 Å². The molecule has 2 rings (SSSR count). The maximum absolute atomic E-state index is 11.0. The lowest BCUT2D eigenvalue weighted by atomic mass is 10.1. The second-order valence-electron chi connectivity index (χ2n) is 4.31. The van der Waals surface area contributed by atoms with Crippen molar-refractivity contribution >= 4 is 22.2 Å². The predicted octanol–water partition coefficient (Wildman–Crippen LogP) is 4.03. The van der Waals surface area contributed by atoms with Gasteiger partial charge in [0.15, 0.2) is 6.29 Å². The van der Waals surface area contributed by atoms with Gasteiger partial charge in [0.2, 0.25) is 0 Å². The lowest BCUT2D eigenvalue weighted by Crippen LogP contribution is -2.10. The molecule has 0 spiro atoms. The van der Waals surface area contributed by atoms with Crippen molar-refractivity contribution in [2.75, 3.05) is 13.2 Å². The highest BCUT2D eigenvalue weighted by molar-refractivity contribution is 9.10. The normalized spacial score (nSPS) is 10.1. The molecule has 0 saturated heterocycles. The molecular formula is C16H15BrO3. The zero-order chi connectivity index (χ0) is 14.4. The summed E-state index contributed by atoms with van der Waals surface area (Å²) in [5, 5.41) is 0. The lowest BCUT2D eigenvalue weighted by molar-refractivity contribution is 0.111. The molecule has 0 unspecified atom stereocenters. The molecule has 0 saturated carbocycles. The molecule has 2 aromatic carbocycles. The molecular weight excluding hydrogens is 320 g/mol. The van der Waals surface area contributed by atoms with E-state index >= 15 is 0 Å². The first-order valence-corrected chi connectivity index (χ1v) is 7.05. The minimum Gasteiger partial charge on any atom is -0.490 e. The van der Waals surface area contributed by atoms with Gasteiger partial charge >= 0.3 is 0 Å². The zero-order valence-corrected chi connectivity index (χ0v) is 12.7. The summed E-state index contributed by atoms with van der Waals surface area (Å²) >= 11 is 3.38. The van der Waals surface area contributed by atoms with Crippen LogP contribution in [0.5, 0.6) is 11.5 Å². The number of carbonyl (C=O) groups excluding carboxylic acids is 1. The van der Waals surface area contributed by atoms with Crippen molar-refractivity contribution in [3.8, 4) is 11.5 Å². The highest BCUT2D eigenvalue weighted by atomic mass is 79.9. The van der Waals surface area contributed by atoms with Gasteiger partial charge in [-0.05, 0) is 37.3 Å². The van der Waals surface area contributed by atoms with E-state index in [1.165, 1.54) is 0 Å². The average molecular weight is 335 g/mol. The number of aryl methyl sites for hydroxylation is 1. The van der Waals surface area contributed by atoms with Crippen LogP contribution in [0.3, 0.4) is 0 Å². The average Bonchev–Trinajstić information content (AvgIpc) is 2.45. The summed E-state index contributed by atoms with van der Waals surface area (Å²) in [5.74, 6) is 1.37. The van der Waals surface area contributed by atoms with Gasteiger partial charge in [-0.1, -0.05) is 33.6 Å². The molecule has 4 heteroatoms. The van der Waals surface area contributed by atoms with Crippen molar-refractivity contribution in [1.29, 1.82) is 0 Å². The molecule has 0 radical (unpaired) electrons. The number of benzene rings is 2. The summed E-state index contributed by atoms with van der Waals surface area (Å²) in [7, 11) is 0. The first-order valence-electron chi connectivity index (χ1n) is 6.26. The van der Waals surface area contributed by atoms with Crippen LogP contribution in [0.1, 0.15) is 15.9 Å². The predicted molar refractivity (Wildman–Crippen MR) is 81.7 cm³/mol. The van der Waals surface area contributed by atoms with Gasteiger partial charge < -0.3 is 9.47 Å². The van der Waals surface area contributed by atoms with Gasteiger partial charge in [0.25, 0.3) is 0 Å². The largest absolute Gasteiger partial charge is 0.490 e. The van der Waals surface area contributed by atoms with E-state index in [4.69, 9.17) is 9.47 Å². The Balaban J connectivity index is 1.86. The molecule has 3 nitrogen and oxygen atoms in total. The van der Waals surface area contributed by atoms with Crippen LogP contribution in [0.2, 0.25) is 0 Å². The van der Waals surface area contributed by atoms with Crippen molar-refractivity contribution in [2.45, 2.75) is 6.92 Å². The smallest absolute Gasteiger partial charge is 0.153 e. The van der Waals surface area contributed by atoms with E-state index in [-0.39, 0.29) is 0 Å². The Bertz CT molecular complexity index is 596. The standard InChI is InChI=1S/C16H15BrO3/c1-12-5-6-16(13(9-12)11-18)20-8-7-19-15-4-2-3-14(17)10-15/h2-6,9-11H,7-8H2,1H3. The van der Waals surface area contributed by atoms with E-state index in [0.717, 1.165) is 22.1 Å². The first-order chi connectivity index (χ1) is 9.69. The molecule has 0 aliphatic rings. The third-order valence-corrected chi connectivity index (χ3v) is 3.19. The summed E-state index contributed by atoms with van der Waals surface area (Å²) in [6.45, 7) is 2.74. The Labute approximate surface area is 126 Å². The van der Waals surface area contributed by atoms with Crippen LogP contribution in [0.15, 0.2) is 46.9 Å². The van der Waals surface area contributed by atoms with Crippen molar-refractivity contribution in [1.82, 2.24) is 0 Å². The third kappa shape index (κ3) is 4.10. The van der Waals surface area contributed by atoms with E-state index in [1.54, 1.807) is 12.1 Å². The molecule has 0 bridgehead atoms. The summed E-state index contributed by atoms with van der Waals surface area (Å²) < 4.78 is 12.1. The molecule has 0 heterocycles. The van der Waals surface area contributed by atoms with Crippen molar-refractivity contribution in [3.63, 3.8) is 0 Å². The van der Waals surface area contributed by atoms with Gasteiger partial charge in [-0.15, -0.1) is 0 Å². The molecule has 2 aromatic rings. The fraction of sp³-hybridized carbons (Fsp3) is 0.188. The second kappa shape index (κ2) is 7.10. The minimum absolute atomic E-state index is 0.385. The van der Waals surface area contributed by atoms with E-state index in [9.17, 15) is 4.79 Å². The Morgan fingerprint density at radius 2 is 1.90 bits per heavy atom.